The highest BCUT2D eigenvalue weighted by Gasteiger charge is 2.27. The Bertz CT molecular complexity index is 346. The van der Waals surface area contributed by atoms with Crippen molar-refractivity contribution in [2.45, 2.75) is 39.8 Å². The van der Waals surface area contributed by atoms with Gasteiger partial charge in [-0.2, -0.15) is 0 Å². The summed E-state index contributed by atoms with van der Waals surface area (Å²) in [5.74, 6) is 1.49. The molecule has 0 aromatic carbocycles. The van der Waals surface area contributed by atoms with E-state index in [4.69, 9.17) is 4.74 Å². The van der Waals surface area contributed by atoms with Crippen molar-refractivity contribution in [2.75, 3.05) is 13.7 Å². The maximum Gasteiger partial charge on any atom is 0.105 e. The number of nitrogens with one attached hydrogen (secondary N) is 1. The van der Waals surface area contributed by atoms with Crippen LogP contribution >= 0.6 is 0 Å². The number of aromatic nitrogens is 2. The first-order valence-corrected chi connectivity index (χ1v) is 6.30. The minimum Gasteiger partial charge on any atom is -0.376 e. The average molecular weight is 239 g/mol. The van der Waals surface area contributed by atoms with Gasteiger partial charge in [0.2, 0.25) is 0 Å². The van der Waals surface area contributed by atoms with E-state index in [-0.39, 0.29) is 12.1 Å². The third-order valence-corrected chi connectivity index (χ3v) is 3.23. The number of hydrogen-bond acceptors (Lipinski definition) is 3. The molecule has 17 heavy (non-hydrogen) atoms. The Morgan fingerprint density at radius 3 is 2.47 bits per heavy atom. The van der Waals surface area contributed by atoms with Crippen LogP contribution < -0.4 is 5.32 Å². The Balaban J connectivity index is 3.00. The smallest absolute Gasteiger partial charge is 0.105 e. The third kappa shape index (κ3) is 3.07. The normalized spacial score (nSPS) is 15.2. The molecule has 2 atom stereocenters. The molecule has 1 heterocycles. The summed E-state index contributed by atoms with van der Waals surface area (Å²) >= 11 is 0. The van der Waals surface area contributed by atoms with Crippen LogP contribution in [0, 0.1) is 12.8 Å². The number of aryl methyl sites for hydroxylation is 1. The Morgan fingerprint density at radius 1 is 1.47 bits per heavy atom. The Hall–Kier alpha value is -0.870. The van der Waals surface area contributed by atoms with Crippen LogP contribution in [0.25, 0.3) is 0 Å². The molecule has 0 saturated carbocycles. The summed E-state index contributed by atoms with van der Waals surface area (Å²) in [6.45, 7) is 9.16. The van der Waals surface area contributed by atoms with Crippen LogP contribution in [0.3, 0.4) is 0 Å². The first-order valence-electron chi connectivity index (χ1n) is 6.30. The number of likely N-dealkylation sites (N-methyl/N-ethyl adjacent to an activating group) is 1. The fraction of sp³-hybridized carbons (Fsp3) is 0.769. The molecule has 2 unspecified atom stereocenters. The summed E-state index contributed by atoms with van der Waals surface area (Å²) in [5.41, 5.74) is 1.18. The number of ether oxygens (including phenoxy) is 1. The van der Waals surface area contributed by atoms with Crippen LogP contribution in [0.2, 0.25) is 0 Å². The van der Waals surface area contributed by atoms with Gasteiger partial charge in [-0.3, -0.25) is 0 Å². The van der Waals surface area contributed by atoms with Crippen molar-refractivity contribution in [2.24, 2.45) is 13.0 Å². The first kappa shape index (κ1) is 14.2. The van der Waals surface area contributed by atoms with Gasteiger partial charge in [0.1, 0.15) is 5.82 Å². The van der Waals surface area contributed by atoms with Crippen molar-refractivity contribution >= 4 is 0 Å². The minimum absolute atomic E-state index is 0.166. The van der Waals surface area contributed by atoms with E-state index in [9.17, 15) is 0 Å². The molecule has 0 amide bonds. The van der Waals surface area contributed by atoms with Crippen molar-refractivity contribution in [3.05, 3.63) is 17.7 Å². The second-order valence-electron chi connectivity index (χ2n) is 4.72. The molecule has 0 fully saturated rings. The van der Waals surface area contributed by atoms with Crippen LogP contribution in [-0.4, -0.2) is 29.3 Å². The van der Waals surface area contributed by atoms with E-state index in [1.165, 1.54) is 5.69 Å². The van der Waals surface area contributed by atoms with E-state index in [0.717, 1.165) is 12.4 Å². The highest BCUT2D eigenvalue weighted by Crippen LogP contribution is 2.24. The summed E-state index contributed by atoms with van der Waals surface area (Å²) in [5, 5.41) is 3.35. The fourth-order valence-corrected chi connectivity index (χ4v) is 2.15. The summed E-state index contributed by atoms with van der Waals surface area (Å²) < 4.78 is 7.99. The van der Waals surface area contributed by atoms with Gasteiger partial charge in [0.25, 0.3) is 0 Å². The third-order valence-electron chi connectivity index (χ3n) is 3.23. The maximum absolute atomic E-state index is 5.87. The second-order valence-corrected chi connectivity index (χ2v) is 4.72. The van der Waals surface area contributed by atoms with Crippen molar-refractivity contribution in [1.29, 1.82) is 0 Å². The van der Waals surface area contributed by atoms with Gasteiger partial charge in [-0.05, 0) is 26.8 Å². The monoisotopic (exact) mass is 239 g/mol. The zero-order valence-electron chi connectivity index (χ0n) is 11.8. The summed E-state index contributed by atoms with van der Waals surface area (Å²) in [7, 11) is 4.02. The lowest BCUT2D eigenvalue weighted by Gasteiger charge is -2.30. The van der Waals surface area contributed by atoms with E-state index in [1.807, 2.05) is 34.1 Å². The molecular formula is C13H25N3O. The minimum atomic E-state index is 0.166. The first-order chi connectivity index (χ1) is 8.02. The predicted octanol–water partition coefficient (Wildman–Crippen LogP) is 2.05. The zero-order valence-corrected chi connectivity index (χ0v) is 11.8. The van der Waals surface area contributed by atoms with E-state index in [0.29, 0.717) is 5.92 Å². The van der Waals surface area contributed by atoms with Gasteiger partial charge >= 0.3 is 0 Å². The van der Waals surface area contributed by atoms with Crippen molar-refractivity contribution in [3.8, 4) is 0 Å². The highest BCUT2D eigenvalue weighted by atomic mass is 16.5. The molecule has 0 bridgehead atoms. The van der Waals surface area contributed by atoms with Crippen LogP contribution in [0.4, 0.5) is 0 Å². The maximum atomic E-state index is 5.87. The lowest BCUT2D eigenvalue weighted by atomic mass is 9.97. The van der Waals surface area contributed by atoms with Crippen molar-refractivity contribution < 1.29 is 4.74 Å². The Labute approximate surface area is 104 Å². The van der Waals surface area contributed by atoms with Crippen LogP contribution in [0.1, 0.15) is 38.3 Å². The van der Waals surface area contributed by atoms with Gasteiger partial charge in [0.15, 0.2) is 0 Å². The summed E-state index contributed by atoms with van der Waals surface area (Å²) in [4.78, 5) is 4.35. The molecule has 4 heteroatoms. The van der Waals surface area contributed by atoms with Gasteiger partial charge in [-0.15, -0.1) is 0 Å². The standard InChI is InChI=1S/C13H25N3O/c1-7-17-13(9(2)3)12(14-5)11-8-15-10(4)16(11)6/h8-9,12-14H,7H2,1-6H3. The number of hydrogen-bond donors (Lipinski definition) is 1. The van der Waals surface area contributed by atoms with Crippen molar-refractivity contribution in [3.63, 3.8) is 0 Å². The SMILES string of the molecule is CCOC(C(C)C)C(NC)c1cnc(C)n1C. The molecule has 98 valence electrons. The van der Waals surface area contributed by atoms with E-state index >= 15 is 0 Å². The quantitative estimate of drug-likeness (QED) is 0.826. The van der Waals surface area contributed by atoms with Crippen LogP contribution in [0.5, 0.6) is 0 Å². The van der Waals surface area contributed by atoms with E-state index in [1.54, 1.807) is 0 Å². The van der Waals surface area contributed by atoms with E-state index < -0.39 is 0 Å². The average Bonchev–Trinajstić information content (AvgIpc) is 2.61. The fourth-order valence-electron chi connectivity index (χ4n) is 2.15. The highest BCUT2D eigenvalue weighted by molar-refractivity contribution is 5.11. The molecule has 0 aliphatic carbocycles. The Kier molecular flexibility index (Phi) is 5.15. The van der Waals surface area contributed by atoms with Crippen LogP contribution in [0.15, 0.2) is 6.20 Å². The van der Waals surface area contributed by atoms with Gasteiger partial charge in [-0.1, -0.05) is 13.8 Å². The molecule has 0 spiro atoms. The zero-order chi connectivity index (χ0) is 13.0. The molecule has 0 saturated heterocycles. The van der Waals surface area contributed by atoms with Gasteiger partial charge in [0.05, 0.1) is 24.0 Å². The molecule has 0 radical (unpaired) electrons. The number of rotatable bonds is 6. The number of imidazole rings is 1. The van der Waals surface area contributed by atoms with Gasteiger partial charge in [-0.25, -0.2) is 4.98 Å². The molecule has 4 nitrogen and oxygen atoms in total. The molecule has 0 aliphatic rings. The number of nitrogens with zero attached hydrogens (tertiary/aromatic N) is 2. The van der Waals surface area contributed by atoms with E-state index in [2.05, 4.69) is 28.7 Å². The molecular weight excluding hydrogens is 214 g/mol. The van der Waals surface area contributed by atoms with Crippen LogP contribution in [-0.2, 0) is 11.8 Å². The molecule has 1 rings (SSSR count). The molecule has 1 N–H and O–H groups in total. The molecule has 0 aliphatic heterocycles. The van der Waals surface area contributed by atoms with Gasteiger partial charge < -0.3 is 14.6 Å². The lowest BCUT2D eigenvalue weighted by Crippen LogP contribution is -2.36. The molecule has 1 aromatic rings. The summed E-state index contributed by atoms with van der Waals surface area (Å²) in [6.07, 6.45) is 2.10. The van der Waals surface area contributed by atoms with Gasteiger partial charge in [0, 0.05) is 13.7 Å². The Morgan fingerprint density at radius 2 is 2.12 bits per heavy atom. The largest absolute Gasteiger partial charge is 0.376 e. The molecule has 1 aromatic heterocycles. The summed E-state index contributed by atoms with van der Waals surface area (Å²) in [6, 6.07) is 0.182. The topological polar surface area (TPSA) is 39.1 Å². The van der Waals surface area contributed by atoms with Crippen molar-refractivity contribution in [1.82, 2.24) is 14.9 Å². The lowest BCUT2D eigenvalue weighted by molar-refractivity contribution is 0.00296. The predicted molar refractivity (Wildman–Crippen MR) is 70.0 cm³/mol. The second kappa shape index (κ2) is 6.17.